The molecule has 0 unspecified atom stereocenters. The Morgan fingerprint density at radius 2 is 2.05 bits per heavy atom. The normalized spacial score (nSPS) is 19.3. The molecule has 0 N–H and O–H groups in total. The number of benzene rings is 1. The lowest BCUT2D eigenvalue weighted by atomic mass is 10.1. The highest BCUT2D eigenvalue weighted by Crippen LogP contribution is 2.34. The number of thiophene rings is 1. The summed E-state index contributed by atoms with van der Waals surface area (Å²) in [6.07, 6.45) is 1.02. The molecule has 1 atom stereocenters. The van der Waals surface area contributed by atoms with Crippen LogP contribution in [0.4, 0.5) is 0 Å². The van der Waals surface area contributed by atoms with Gasteiger partial charge in [-0.2, -0.15) is 11.8 Å². The van der Waals surface area contributed by atoms with Crippen molar-refractivity contribution in [1.29, 1.82) is 0 Å². The Labute approximate surface area is 141 Å². The molecule has 0 bridgehead atoms. The number of hydrogen-bond donors (Lipinski definition) is 0. The number of carbonyl (C=O) groups excluding carboxylic acids is 1. The molecule has 2 nitrogen and oxygen atoms in total. The average molecular weight is 382 g/mol. The van der Waals surface area contributed by atoms with Gasteiger partial charge in [-0.3, -0.25) is 4.79 Å². The minimum atomic E-state index is 0.167. The third-order valence-electron chi connectivity index (χ3n) is 3.58. The molecular weight excluding hydrogens is 366 g/mol. The summed E-state index contributed by atoms with van der Waals surface area (Å²) in [5, 5.41) is 2.46. The molecule has 0 spiro atoms. The van der Waals surface area contributed by atoms with Gasteiger partial charge >= 0.3 is 0 Å². The molecule has 2 heterocycles. The van der Waals surface area contributed by atoms with E-state index in [2.05, 4.69) is 46.3 Å². The molecule has 21 heavy (non-hydrogen) atoms. The lowest BCUT2D eigenvalue weighted by molar-refractivity contribution is 0.0771. The average Bonchev–Trinajstić information content (AvgIpc) is 2.81. The molecule has 1 aliphatic heterocycles. The molecule has 1 amide bonds. The number of amides is 1. The maximum atomic E-state index is 12.5. The quantitative estimate of drug-likeness (QED) is 0.742. The zero-order valence-corrected chi connectivity index (χ0v) is 14.7. The highest BCUT2D eigenvalue weighted by atomic mass is 79.9. The van der Waals surface area contributed by atoms with Crippen LogP contribution in [0.15, 0.2) is 46.3 Å². The fraction of sp³-hybridized carbons (Fsp3) is 0.312. The first-order valence-corrected chi connectivity index (χ1v) is 9.66. The Bertz CT molecular complexity index is 614. The molecule has 1 aromatic carbocycles. The van der Waals surface area contributed by atoms with Gasteiger partial charge in [0.05, 0.1) is 4.88 Å². The summed E-state index contributed by atoms with van der Waals surface area (Å²) in [6, 6.07) is 12.5. The number of hydrogen-bond acceptors (Lipinski definition) is 3. The van der Waals surface area contributed by atoms with E-state index < -0.39 is 0 Å². The number of halogens is 1. The molecule has 1 saturated heterocycles. The van der Waals surface area contributed by atoms with E-state index in [1.807, 2.05) is 28.1 Å². The summed E-state index contributed by atoms with van der Waals surface area (Å²) >= 11 is 6.88. The van der Waals surface area contributed by atoms with Crippen molar-refractivity contribution in [2.24, 2.45) is 0 Å². The van der Waals surface area contributed by atoms with E-state index >= 15 is 0 Å². The SMILES string of the molecule is O=C(c1cc(Br)cs1)N1CCS[C@@H](c2ccccc2)CC1. The van der Waals surface area contributed by atoms with Crippen LogP contribution in [0.3, 0.4) is 0 Å². The Morgan fingerprint density at radius 1 is 1.24 bits per heavy atom. The van der Waals surface area contributed by atoms with Gasteiger partial charge < -0.3 is 4.90 Å². The van der Waals surface area contributed by atoms with Crippen LogP contribution in [-0.4, -0.2) is 29.6 Å². The molecule has 0 radical (unpaired) electrons. The first kappa shape index (κ1) is 15.1. The second-order valence-electron chi connectivity index (χ2n) is 4.98. The summed E-state index contributed by atoms with van der Waals surface area (Å²) in [5.74, 6) is 1.16. The highest BCUT2D eigenvalue weighted by Gasteiger charge is 2.23. The molecule has 110 valence electrons. The maximum absolute atomic E-state index is 12.5. The monoisotopic (exact) mass is 381 g/mol. The van der Waals surface area contributed by atoms with Crippen LogP contribution < -0.4 is 0 Å². The van der Waals surface area contributed by atoms with Crippen molar-refractivity contribution in [2.75, 3.05) is 18.8 Å². The van der Waals surface area contributed by atoms with Crippen LogP contribution in [0.25, 0.3) is 0 Å². The van der Waals surface area contributed by atoms with Crippen LogP contribution in [0.1, 0.15) is 26.9 Å². The van der Waals surface area contributed by atoms with Crippen LogP contribution in [0, 0.1) is 0 Å². The Hall–Kier alpha value is -0.780. The third-order valence-corrected chi connectivity index (χ3v) is 6.59. The van der Waals surface area contributed by atoms with E-state index in [9.17, 15) is 4.79 Å². The van der Waals surface area contributed by atoms with E-state index in [1.165, 1.54) is 16.9 Å². The van der Waals surface area contributed by atoms with Gasteiger partial charge in [-0.05, 0) is 34.0 Å². The molecular formula is C16H16BrNOS2. The smallest absolute Gasteiger partial charge is 0.263 e. The van der Waals surface area contributed by atoms with Gasteiger partial charge in [-0.15, -0.1) is 11.3 Å². The summed E-state index contributed by atoms with van der Waals surface area (Å²) in [5.41, 5.74) is 1.37. The first-order chi connectivity index (χ1) is 10.2. The van der Waals surface area contributed by atoms with Crippen molar-refractivity contribution in [2.45, 2.75) is 11.7 Å². The van der Waals surface area contributed by atoms with Crippen LogP contribution in [0.5, 0.6) is 0 Å². The van der Waals surface area contributed by atoms with Crippen molar-refractivity contribution in [3.63, 3.8) is 0 Å². The standard InChI is InChI=1S/C16H16BrNOS2/c17-13-10-15(21-11-13)16(19)18-7-6-14(20-9-8-18)12-4-2-1-3-5-12/h1-5,10-11,14H,6-9H2/t14-/m1/s1. The van der Waals surface area contributed by atoms with E-state index in [0.717, 1.165) is 34.6 Å². The van der Waals surface area contributed by atoms with Gasteiger partial charge in [0.25, 0.3) is 5.91 Å². The molecule has 1 aromatic heterocycles. The lowest BCUT2D eigenvalue weighted by Gasteiger charge is -2.19. The van der Waals surface area contributed by atoms with Crippen molar-refractivity contribution in [3.8, 4) is 0 Å². The summed E-state index contributed by atoms with van der Waals surface area (Å²) in [4.78, 5) is 15.3. The minimum Gasteiger partial charge on any atom is -0.337 e. The molecule has 0 saturated carbocycles. The number of rotatable bonds is 2. The lowest BCUT2D eigenvalue weighted by Crippen LogP contribution is -2.32. The third kappa shape index (κ3) is 3.71. The molecule has 5 heteroatoms. The largest absolute Gasteiger partial charge is 0.337 e. The van der Waals surface area contributed by atoms with Crippen LogP contribution >= 0.6 is 39.0 Å². The second kappa shape index (κ2) is 6.99. The van der Waals surface area contributed by atoms with Crippen molar-refractivity contribution in [1.82, 2.24) is 4.90 Å². The first-order valence-electron chi connectivity index (χ1n) is 6.94. The van der Waals surface area contributed by atoms with E-state index in [1.54, 1.807) is 0 Å². The Kier molecular flexibility index (Phi) is 5.03. The summed E-state index contributed by atoms with van der Waals surface area (Å²) in [7, 11) is 0. The molecule has 1 aliphatic rings. The molecule has 0 aliphatic carbocycles. The predicted molar refractivity (Wildman–Crippen MR) is 94.2 cm³/mol. The molecule has 2 aromatic rings. The second-order valence-corrected chi connectivity index (χ2v) is 8.12. The summed E-state index contributed by atoms with van der Waals surface area (Å²) < 4.78 is 0.988. The fourth-order valence-electron chi connectivity index (χ4n) is 2.49. The Balaban J connectivity index is 1.67. The highest BCUT2D eigenvalue weighted by molar-refractivity contribution is 9.10. The van der Waals surface area contributed by atoms with Gasteiger partial charge in [-0.1, -0.05) is 30.3 Å². The molecule has 1 fully saturated rings. The zero-order valence-electron chi connectivity index (χ0n) is 11.5. The summed E-state index contributed by atoms with van der Waals surface area (Å²) in [6.45, 7) is 1.67. The van der Waals surface area contributed by atoms with Crippen molar-refractivity contribution in [3.05, 3.63) is 56.7 Å². The topological polar surface area (TPSA) is 20.3 Å². The number of nitrogens with zero attached hydrogens (tertiary/aromatic N) is 1. The van der Waals surface area contributed by atoms with Crippen LogP contribution in [-0.2, 0) is 0 Å². The number of thioether (sulfide) groups is 1. The van der Waals surface area contributed by atoms with Gasteiger partial charge in [-0.25, -0.2) is 0 Å². The van der Waals surface area contributed by atoms with E-state index in [0.29, 0.717) is 5.25 Å². The van der Waals surface area contributed by atoms with Gasteiger partial charge in [0, 0.05) is 33.9 Å². The minimum absolute atomic E-state index is 0.167. The zero-order chi connectivity index (χ0) is 14.7. The maximum Gasteiger partial charge on any atom is 0.263 e. The van der Waals surface area contributed by atoms with Gasteiger partial charge in [0.1, 0.15) is 0 Å². The molecule has 3 rings (SSSR count). The van der Waals surface area contributed by atoms with Crippen molar-refractivity contribution >= 4 is 44.9 Å². The van der Waals surface area contributed by atoms with Crippen LogP contribution in [0.2, 0.25) is 0 Å². The van der Waals surface area contributed by atoms with Crippen molar-refractivity contribution < 1.29 is 4.79 Å². The number of carbonyl (C=O) groups is 1. The van der Waals surface area contributed by atoms with Gasteiger partial charge in [0.2, 0.25) is 0 Å². The van der Waals surface area contributed by atoms with Gasteiger partial charge in [0.15, 0.2) is 0 Å². The van der Waals surface area contributed by atoms with E-state index in [-0.39, 0.29) is 5.91 Å². The Morgan fingerprint density at radius 3 is 2.76 bits per heavy atom. The van der Waals surface area contributed by atoms with E-state index in [4.69, 9.17) is 0 Å². The fourth-order valence-corrected chi connectivity index (χ4v) is 5.11. The predicted octanol–water partition coefficient (Wildman–Crippen LogP) is 4.83.